The Morgan fingerprint density at radius 3 is 2.31 bits per heavy atom. The summed E-state index contributed by atoms with van der Waals surface area (Å²) >= 11 is 0. The van der Waals surface area contributed by atoms with Crippen molar-refractivity contribution in [2.45, 2.75) is 0 Å². The Balaban J connectivity index is 2.92. The number of carbonyl (C=O) groups excluding carboxylic acids is 1. The van der Waals surface area contributed by atoms with E-state index in [1.54, 1.807) is 24.3 Å². The summed E-state index contributed by atoms with van der Waals surface area (Å²) < 4.78 is 0. The van der Waals surface area contributed by atoms with Crippen LogP contribution in [0, 0.1) is 0 Å². The molecule has 0 heterocycles. The molecule has 0 radical (unpaired) electrons. The van der Waals surface area contributed by atoms with Crippen molar-refractivity contribution in [3.63, 3.8) is 0 Å². The SMILES string of the molecule is C=C(C(N)=O)c1ccc(NO)cc1. The molecule has 0 fully saturated rings. The number of hydrogen-bond donors (Lipinski definition) is 3. The Bertz CT molecular complexity index is 330. The second-order valence-corrected chi connectivity index (χ2v) is 2.53. The summed E-state index contributed by atoms with van der Waals surface area (Å²) in [6, 6.07) is 6.52. The standard InChI is InChI=1S/C9H10N2O2/c1-6(9(10)12)7-2-4-8(11-13)5-3-7/h2-5,11,13H,1H2,(H2,10,12). The van der Waals surface area contributed by atoms with Crippen LogP contribution in [0.1, 0.15) is 5.56 Å². The molecule has 0 aliphatic carbocycles. The van der Waals surface area contributed by atoms with E-state index in [1.807, 2.05) is 5.48 Å². The summed E-state index contributed by atoms with van der Waals surface area (Å²) in [5, 5.41) is 8.51. The molecule has 1 aromatic rings. The van der Waals surface area contributed by atoms with Crippen molar-refractivity contribution < 1.29 is 10.0 Å². The van der Waals surface area contributed by atoms with Crippen LogP contribution in [-0.4, -0.2) is 11.1 Å². The maximum Gasteiger partial charge on any atom is 0.248 e. The number of anilines is 1. The molecule has 0 saturated carbocycles. The molecule has 1 amide bonds. The van der Waals surface area contributed by atoms with Gasteiger partial charge in [0.2, 0.25) is 5.91 Å². The molecule has 0 atom stereocenters. The first-order chi connectivity index (χ1) is 6.15. The van der Waals surface area contributed by atoms with Gasteiger partial charge in [-0.2, -0.15) is 0 Å². The number of nitrogens with two attached hydrogens (primary N) is 1. The number of rotatable bonds is 3. The normalized spacial score (nSPS) is 9.31. The van der Waals surface area contributed by atoms with Gasteiger partial charge in [-0.3, -0.25) is 15.5 Å². The van der Waals surface area contributed by atoms with E-state index in [-0.39, 0.29) is 5.57 Å². The zero-order chi connectivity index (χ0) is 9.84. The zero-order valence-corrected chi connectivity index (χ0v) is 6.95. The average Bonchev–Trinajstić information content (AvgIpc) is 2.17. The molecule has 4 heteroatoms. The van der Waals surface area contributed by atoms with Gasteiger partial charge in [-0.15, -0.1) is 0 Å². The fourth-order valence-corrected chi connectivity index (χ4v) is 0.888. The Hall–Kier alpha value is -1.81. The van der Waals surface area contributed by atoms with Crippen LogP contribution < -0.4 is 11.2 Å². The molecule has 0 bridgehead atoms. The topological polar surface area (TPSA) is 75.4 Å². The summed E-state index contributed by atoms with van der Waals surface area (Å²) in [6.45, 7) is 3.52. The minimum atomic E-state index is -0.551. The molecule has 13 heavy (non-hydrogen) atoms. The molecule has 4 N–H and O–H groups in total. The summed E-state index contributed by atoms with van der Waals surface area (Å²) in [5.41, 5.74) is 8.45. The molecule has 0 aromatic heterocycles. The molecule has 0 unspecified atom stereocenters. The number of carbonyl (C=O) groups is 1. The Kier molecular flexibility index (Phi) is 2.66. The molecule has 0 spiro atoms. The zero-order valence-electron chi connectivity index (χ0n) is 6.95. The number of amides is 1. The van der Waals surface area contributed by atoms with Crippen LogP contribution in [0.5, 0.6) is 0 Å². The number of nitrogens with one attached hydrogen (secondary N) is 1. The number of primary amides is 1. The lowest BCUT2D eigenvalue weighted by molar-refractivity contribution is -0.112. The van der Waals surface area contributed by atoms with Crippen LogP contribution in [0.25, 0.3) is 5.57 Å². The van der Waals surface area contributed by atoms with E-state index >= 15 is 0 Å². The van der Waals surface area contributed by atoms with E-state index in [0.29, 0.717) is 11.3 Å². The average molecular weight is 178 g/mol. The molecule has 4 nitrogen and oxygen atoms in total. The van der Waals surface area contributed by atoms with E-state index in [9.17, 15) is 4.79 Å². The monoisotopic (exact) mass is 178 g/mol. The van der Waals surface area contributed by atoms with Crippen LogP contribution in [0.4, 0.5) is 5.69 Å². The van der Waals surface area contributed by atoms with Gasteiger partial charge in [0.05, 0.1) is 5.69 Å². The quantitative estimate of drug-likeness (QED) is 0.477. The van der Waals surface area contributed by atoms with Gasteiger partial charge in [0.25, 0.3) is 0 Å². The predicted molar refractivity (Wildman–Crippen MR) is 50.1 cm³/mol. The van der Waals surface area contributed by atoms with Crippen LogP contribution in [0.3, 0.4) is 0 Å². The van der Waals surface area contributed by atoms with Gasteiger partial charge in [0, 0.05) is 5.57 Å². The highest BCUT2D eigenvalue weighted by atomic mass is 16.5. The Morgan fingerprint density at radius 2 is 1.92 bits per heavy atom. The van der Waals surface area contributed by atoms with Crippen molar-refractivity contribution in [3.8, 4) is 0 Å². The lowest BCUT2D eigenvalue weighted by Crippen LogP contribution is -2.11. The molecule has 0 aliphatic rings. The van der Waals surface area contributed by atoms with Crippen LogP contribution in [-0.2, 0) is 4.79 Å². The van der Waals surface area contributed by atoms with Crippen LogP contribution in [0.2, 0.25) is 0 Å². The molecule has 1 rings (SSSR count). The molecule has 1 aromatic carbocycles. The van der Waals surface area contributed by atoms with E-state index in [4.69, 9.17) is 10.9 Å². The van der Waals surface area contributed by atoms with E-state index in [0.717, 1.165) is 0 Å². The fourth-order valence-electron chi connectivity index (χ4n) is 0.888. The predicted octanol–water partition coefficient (Wildman–Crippen LogP) is 0.986. The van der Waals surface area contributed by atoms with Gasteiger partial charge < -0.3 is 5.73 Å². The minimum absolute atomic E-state index is 0.254. The summed E-state index contributed by atoms with van der Waals surface area (Å²) in [6.07, 6.45) is 0. The van der Waals surface area contributed by atoms with Crippen molar-refractivity contribution in [3.05, 3.63) is 36.4 Å². The Labute approximate surface area is 75.6 Å². The van der Waals surface area contributed by atoms with Gasteiger partial charge in [0.1, 0.15) is 0 Å². The first kappa shape index (κ1) is 9.28. The van der Waals surface area contributed by atoms with E-state index in [2.05, 4.69) is 6.58 Å². The molecular formula is C9H10N2O2. The highest BCUT2D eigenvalue weighted by molar-refractivity contribution is 6.17. The first-order valence-corrected chi connectivity index (χ1v) is 3.64. The summed E-state index contributed by atoms with van der Waals surface area (Å²) in [5.74, 6) is -0.551. The maximum atomic E-state index is 10.7. The number of benzene rings is 1. The molecule has 68 valence electrons. The maximum absolute atomic E-state index is 10.7. The van der Waals surface area contributed by atoms with Gasteiger partial charge in [-0.05, 0) is 17.7 Å². The largest absolute Gasteiger partial charge is 0.366 e. The third-order valence-corrected chi connectivity index (χ3v) is 1.66. The second-order valence-electron chi connectivity index (χ2n) is 2.53. The highest BCUT2D eigenvalue weighted by Crippen LogP contribution is 2.14. The highest BCUT2D eigenvalue weighted by Gasteiger charge is 2.03. The second kappa shape index (κ2) is 3.73. The summed E-state index contributed by atoms with van der Waals surface area (Å²) in [4.78, 5) is 10.7. The van der Waals surface area contributed by atoms with Crippen LogP contribution in [0.15, 0.2) is 30.8 Å². The smallest absolute Gasteiger partial charge is 0.248 e. The number of hydrogen-bond acceptors (Lipinski definition) is 3. The van der Waals surface area contributed by atoms with Gasteiger partial charge in [0.15, 0.2) is 0 Å². The third-order valence-electron chi connectivity index (χ3n) is 1.66. The molecule has 0 aliphatic heterocycles. The van der Waals surface area contributed by atoms with Crippen molar-refractivity contribution >= 4 is 17.2 Å². The van der Waals surface area contributed by atoms with Crippen molar-refractivity contribution in [2.75, 3.05) is 5.48 Å². The lowest BCUT2D eigenvalue weighted by Gasteiger charge is -2.02. The summed E-state index contributed by atoms with van der Waals surface area (Å²) in [7, 11) is 0. The van der Waals surface area contributed by atoms with Gasteiger partial charge >= 0.3 is 0 Å². The van der Waals surface area contributed by atoms with E-state index in [1.165, 1.54) is 0 Å². The van der Waals surface area contributed by atoms with Crippen molar-refractivity contribution in [1.82, 2.24) is 0 Å². The first-order valence-electron chi connectivity index (χ1n) is 3.64. The van der Waals surface area contributed by atoms with E-state index < -0.39 is 5.91 Å². The molecule has 0 saturated heterocycles. The Morgan fingerprint density at radius 1 is 1.38 bits per heavy atom. The van der Waals surface area contributed by atoms with Crippen LogP contribution >= 0.6 is 0 Å². The fraction of sp³-hybridized carbons (Fsp3) is 0. The minimum Gasteiger partial charge on any atom is -0.366 e. The van der Waals surface area contributed by atoms with Gasteiger partial charge in [-0.25, -0.2) is 0 Å². The van der Waals surface area contributed by atoms with Crippen molar-refractivity contribution in [1.29, 1.82) is 0 Å². The van der Waals surface area contributed by atoms with Gasteiger partial charge in [-0.1, -0.05) is 18.7 Å². The third kappa shape index (κ3) is 2.07. The van der Waals surface area contributed by atoms with Crippen molar-refractivity contribution in [2.24, 2.45) is 5.73 Å². The molecular weight excluding hydrogens is 168 g/mol. The lowest BCUT2D eigenvalue weighted by atomic mass is 10.1.